The number of piperidine rings is 1. The molecule has 13 heavy (non-hydrogen) atoms. The molecule has 2 aliphatic rings. The molecule has 0 spiro atoms. The average Bonchev–Trinajstić information content (AvgIpc) is 2.17. The van der Waals surface area contributed by atoms with Crippen LogP contribution in [-0.2, 0) is 0 Å². The molecule has 2 rings (SSSR count). The van der Waals surface area contributed by atoms with Crippen LogP contribution in [0.2, 0.25) is 0 Å². The number of hydrogen-bond donors (Lipinski definition) is 1. The summed E-state index contributed by atoms with van der Waals surface area (Å²) >= 11 is 0. The minimum Gasteiger partial charge on any atom is -0.330 e. The van der Waals surface area contributed by atoms with Crippen LogP contribution in [0.1, 0.15) is 32.6 Å². The van der Waals surface area contributed by atoms with E-state index >= 15 is 0 Å². The van der Waals surface area contributed by atoms with Gasteiger partial charge in [0.25, 0.3) is 0 Å². The third-order valence-electron chi connectivity index (χ3n) is 4.03. The maximum Gasteiger partial charge on any atom is 0.0121 e. The summed E-state index contributed by atoms with van der Waals surface area (Å²) in [6.07, 6.45) is 5.55. The number of nitrogens with two attached hydrogens (primary N) is 1. The minimum atomic E-state index is 0.812. The zero-order valence-corrected chi connectivity index (χ0v) is 8.71. The van der Waals surface area contributed by atoms with Gasteiger partial charge in [0, 0.05) is 6.04 Å². The van der Waals surface area contributed by atoms with Gasteiger partial charge in [0.2, 0.25) is 0 Å². The van der Waals surface area contributed by atoms with Crippen molar-refractivity contribution in [3.05, 3.63) is 0 Å². The molecule has 2 nitrogen and oxygen atoms in total. The lowest BCUT2D eigenvalue weighted by molar-refractivity contribution is 0.0435. The lowest BCUT2D eigenvalue weighted by Gasteiger charge is -2.45. The van der Waals surface area contributed by atoms with Crippen LogP contribution in [0.15, 0.2) is 0 Å². The van der Waals surface area contributed by atoms with Crippen LogP contribution >= 0.6 is 0 Å². The fourth-order valence-corrected chi connectivity index (χ4v) is 2.71. The topological polar surface area (TPSA) is 29.3 Å². The second-order valence-corrected chi connectivity index (χ2v) is 4.84. The molecule has 2 heteroatoms. The van der Waals surface area contributed by atoms with Gasteiger partial charge in [0.05, 0.1) is 0 Å². The molecule has 1 aliphatic carbocycles. The van der Waals surface area contributed by atoms with E-state index in [9.17, 15) is 0 Å². The molecule has 2 fully saturated rings. The van der Waals surface area contributed by atoms with Gasteiger partial charge in [0.1, 0.15) is 0 Å². The quantitative estimate of drug-likeness (QED) is 0.700. The van der Waals surface area contributed by atoms with Crippen LogP contribution in [0, 0.1) is 11.8 Å². The van der Waals surface area contributed by atoms with E-state index < -0.39 is 0 Å². The summed E-state index contributed by atoms with van der Waals surface area (Å²) in [6.45, 7) is 5.89. The first kappa shape index (κ1) is 9.47. The maximum atomic E-state index is 5.68. The summed E-state index contributed by atoms with van der Waals surface area (Å²) in [7, 11) is 0. The predicted octanol–water partition coefficient (Wildman–Crippen LogP) is 1.46. The molecule has 1 heterocycles. The highest BCUT2D eigenvalue weighted by molar-refractivity contribution is 4.88. The molecule has 0 amide bonds. The van der Waals surface area contributed by atoms with Crippen LogP contribution in [0.4, 0.5) is 0 Å². The molecule has 76 valence electrons. The van der Waals surface area contributed by atoms with E-state index in [-0.39, 0.29) is 0 Å². The fraction of sp³-hybridized carbons (Fsp3) is 1.00. The molecule has 0 aromatic heterocycles. The molecule has 1 aliphatic heterocycles. The van der Waals surface area contributed by atoms with Crippen molar-refractivity contribution in [1.29, 1.82) is 0 Å². The van der Waals surface area contributed by atoms with Crippen LogP contribution in [0.5, 0.6) is 0 Å². The monoisotopic (exact) mass is 182 g/mol. The van der Waals surface area contributed by atoms with Crippen molar-refractivity contribution in [3.8, 4) is 0 Å². The molecule has 2 atom stereocenters. The Kier molecular flexibility index (Phi) is 2.89. The van der Waals surface area contributed by atoms with E-state index in [4.69, 9.17) is 5.73 Å². The number of hydrogen-bond acceptors (Lipinski definition) is 2. The Hall–Kier alpha value is -0.0800. The summed E-state index contributed by atoms with van der Waals surface area (Å²) in [6, 6.07) is 0.915. The van der Waals surface area contributed by atoms with Gasteiger partial charge in [-0.1, -0.05) is 6.92 Å². The molecule has 0 aromatic rings. The van der Waals surface area contributed by atoms with Crippen molar-refractivity contribution in [3.63, 3.8) is 0 Å². The zero-order valence-electron chi connectivity index (χ0n) is 8.71. The lowest BCUT2D eigenvalue weighted by Crippen LogP contribution is -2.49. The Labute approximate surface area is 81.5 Å². The third kappa shape index (κ3) is 1.89. The van der Waals surface area contributed by atoms with Gasteiger partial charge in [-0.25, -0.2) is 0 Å². The smallest absolute Gasteiger partial charge is 0.0121 e. The number of rotatable bonds is 2. The van der Waals surface area contributed by atoms with E-state index in [1.807, 2.05) is 0 Å². The highest BCUT2D eigenvalue weighted by Gasteiger charge is 2.33. The van der Waals surface area contributed by atoms with Crippen molar-refractivity contribution >= 4 is 0 Å². The van der Waals surface area contributed by atoms with Gasteiger partial charge >= 0.3 is 0 Å². The van der Waals surface area contributed by atoms with E-state index in [1.165, 1.54) is 38.8 Å². The second-order valence-electron chi connectivity index (χ2n) is 4.84. The first-order valence-corrected chi connectivity index (χ1v) is 5.75. The Balaban J connectivity index is 1.77. The molecule has 1 saturated heterocycles. The molecule has 2 N–H and O–H groups in total. The minimum absolute atomic E-state index is 0.812. The van der Waals surface area contributed by atoms with Crippen LogP contribution in [-0.4, -0.2) is 30.6 Å². The second kappa shape index (κ2) is 3.97. The third-order valence-corrected chi connectivity index (χ3v) is 4.03. The highest BCUT2D eigenvalue weighted by atomic mass is 15.2. The SMILES string of the molecule is CC1CCC1N1CCC(CN)CC1. The van der Waals surface area contributed by atoms with Gasteiger partial charge < -0.3 is 10.6 Å². The van der Waals surface area contributed by atoms with Crippen molar-refractivity contribution < 1.29 is 0 Å². The highest BCUT2D eigenvalue weighted by Crippen LogP contribution is 2.33. The molecule has 1 saturated carbocycles. The Morgan fingerprint density at radius 1 is 1.15 bits per heavy atom. The van der Waals surface area contributed by atoms with Crippen molar-refractivity contribution in [2.75, 3.05) is 19.6 Å². The van der Waals surface area contributed by atoms with E-state index in [2.05, 4.69) is 11.8 Å². The largest absolute Gasteiger partial charge is 0.330 e. The Morgan fingerprint density at radius 2 is 1.85 bits per heavy atom. The molecule has 0 radical (unpaired) electrons. The van der Waals surface area contributed by atoms with E-state index in [0.717, 1.165) is 24.4 Å². The number of nitrogens with zero attached hydrogens (tertiary/aromatic N) is 1. The van der Waals surface area contributed by atoms with Crippen molar-refractivity contribution in [2.45, 2.75) is 38.6 Å². The molecule has 0 bridgehead atoms. The average molecular weight is 182 g/mol. The number of likely N-dealkylation sites (tertiary alicyclic amines) is 1. The van der Waals surface area contributed by atoms with Crippen LogP contribution in [0.25, 0.3) is 0 Å². The predicted molar refractivity (Wildman–Crippen MR) is 55.5 cm³/mol. The molecule has 0 aromatic carbocycles. The Bertz CT molecular complexity index is 161. The summed E-state index contributed by atoms with van der Waals surface area (Å²) < 4.78 is 0. The maximum absolute atomic E-state index is 5.68. The zero-order chi connectivity index (χ0) is 9.26. The van der Waals surface area contributed by atoms with Crippen LogP contribution in [0.3, 0.4) is 0 Å². The fourth-order valence-electron chi connectivity index (χ4n) is 2.71. The van der Waals surface area contributed by atoms with Gasteiger partial charge in [-0.05, 0) is 57.2 Å². The Morgan fingerprint density at radius 3 is 2.23 bits per heavy atom. The van der Waals surface area contributed by atoms with Gasteiger partial charge in [-0.3, -0.25) is 0 Å². The van der Waals surface area contributed by atoms with Crippen LogP contribution < -0.4 is 5.73 Å². The summed E-state index contributed by atoms with van der Waals surface area (Å²) in [5.41, 5.74) is 5.68. The van der Waals surface area contributed by atoms with E-state index in [1.54, 1.807) is 0 Å². The van der Waals surface area contributed by atoms with Gasteiger partial charge in [-0.2, -0.15) is 0 Å². The standard InChI is InChI=1S/C11H22N2/c1-9-2-3-11(9)13-6-4-10(8-12)5-7-13/h9-11H,2-8,12H2,1H3. The van der Waals surface area contributed by atoms with Crippen molar-refractivity contribution in [1.82, 2.24) is 4.90 Å². The summed E-state index contributed by atoms with van der Waals surface area (Å²) in [4.78, 5) is 2.69. The molecular formula is C11H22N2. The van der Waals surface area contributed by atoms with Gasteiger partial charge in [-0.15, -0.1) is 0 Å². The molecular weight excluding hydrogens is 160 g/mol. The normalized spacial score (nSPS) is 37.4. The summed E-state index contributed by atoms with van der Waals surface area (Å²) in [5, 5.41) is 0. The van der Waals surface area contributed by atoms with E-state index in [0.29, 0.717) is 0 Å². The summed E-state index contributed by atoms with van der Waals surface area (Å²) in [5.74, 6) is 1.76. The van der Waals surface area contributed by atoms with Crippen molar-refractivity contribution in [2.24, 2.45) is 17.6 Å². The first-order valence-electron chi connectivity index (χ1n) is 5.75. The lowest BCUT2D eigenvalue weighted by atomic mass is 9.79. The first-order chi connectivity index (χ1) is 6.31. The van der Waals surface area contributed by atoms with Gasteiger partial charge in [0.15, 0.2) is 0 Å². The molecule has 2 unspecified atom stereocenters.